The summed E-state index contributed by atoms with van der Waals surface area (Å²) in [7, 11) is 0. The Labute approximate surface area is 126 Å². The number of hydrogen-bond donors (Lipinski definition) is 1. The van der Waals surface area contributed by atoms with E-state index in [1.54, 1.807) is 0 Å². The van der Waals surface area contributed by atoms with Gasteiger partial charge in [-0.1, -0.05) is 40.5 Å². The molecule has 2 rings (SSSR count). The standard InChI is InChI=1S/C18H36N2/c1-5-18(4,13-19-15(2)3)14-20-12-8-11-17(20)16-9-6-7-10-16/h15-17,19H,5-14H2,1-4H3. The molecule has 1 saturated carbocycles. The zero-order chi connectivity index (χ0) is 14.6. The highest BCUT2D eigenvalue weighted by Crippen LogP contribution is 2.37. The van der Waals surface area contributed by atoms with E-state index in [1.165, 1.54) is 58.0 Å². The van der Waals surface area contributed by atoms with Crippen LogP contribution in [0.3, 0.4) is 0 Å². The van der Waals surface area contributed by atoms with Crippen molar-refractivity contribution in [3.05, 3.63) is 0 Å². The summed E-state index contributed by atoms with van der Waals surface area (Å²) < 4.78 is 0. The van der Waals surface area contributed by atoms with Crippen molar-refractivity contribution in [2.45, 2.75) is 84.7 Å². The molecule has 0 spiro atoms. The topological polar surface area (TPSA) is 15.3 Å². The fourth-order valence-electron chi connectivity index (χ4n) is 4.16. The van der Waals surface area contributed by atoms with Crippen molar-refractivity contribution >= 4 is 0 Å². The van der Waals surface area contributed by atoms with Gasteiger partial charge in [-0.15, -0.1) is 0 Å². The Morgan fingerprint density at radius 3 is 2.45 bits per heavy atom. The average Bonchev–Trinajstić information content (AvgIpc) is 3.06. The molecule has 2 atom stereocenters. The van der Waals surface area contributed by atoms with E-state index in [2.05, 4.69) is 37.9 Å². The Morgan fingerprint density at radius 1 is 1.15 bits per heavy atom. The van der Waals surface area contributed by atoms with Gasteiger partial charge in [0, 0.05) is 25.2 Å². The Bertz CT molecular complexity index is 283. The van der Waals surface area contributed by atoms with Gasteiger partial charge in [-0.25, -0.2) is 0 Å². The van der Waals surface area contributed by atoms with E-state index in [4.69, 9.17) is 0 Å². The molecular formula is C18H36N2. The highest BCUT2D eigenvalue weighted by atomic mass is 15.2. The fourth-order valence-corrected chi connectivity index (χ4v) is 4.16. The molecule has 1 heterocycles. The summed E-state index contributed by atoms with van der Waals surface area (Å²) in [5.74, 6) is 1.01. The summed E-state index contributed by atoms with van der Waals surface area (Å²) in [4.78, 5) is 2.85. The first-order valence-electron chi connectivity index (χ1n) is 9.01. The predicted octanol–water partition coefficient (Wildman–Crippen LogP) is 4.06. The van der Waals surface area contributed by atoms with Crippen LogP contribution in [0.25, 0.3) is 0 Å². The largest absolute Gasteiger partial charge is 0.314 e. The Kier molecular flexibility index (Phi) is 5.92. The van der Waals surface area contributed by atoms with Crippen LogP contribution in [0.15, 0.2) is 0 Å². The van der Waals surface area contributed by atoms with Crippen LogP contribution in [0.1, 0.15) is 72.6 Å². The van der Waals surface area contributed by atoms with Crippen LogP contribution in [0.5, 0.6) is 0 Å². The molecule has 0 aromatic heterocycles. The van der Waals surface area contributed by atoms with Crippen molar-refractivity contribution in [3.8, 4) is 0 Å². The normalized spacial score (nSPS) is 28.4. The molecule has 1 aliphatic heterocycles. The molecule has 0 bridgehead atoms. The lowest BCUT2D eigenvalue weighted by Crippen LogP contribution is -2.46. The molecule has 2 heteroatoms. The molecule has 2 fully saturated rings. The summed E-state index contributed by atoms with van der Waals surface area (Å²) in [6.45, 7) is 13.2. The molecule has 2 aliphatic rings. The first-order chi connectivity index (χ1) is 9.54. The van der Waals surface area contributed by atoms with E-state index < -0.39 is 0 Å². The van der Waals surface area contributed by atoms with Gasteiger partial charge in [0.05, 0.1) is 0 Å². The van der Waals surface area contributed by atoms with Gasteiger partial charge in [0.2, 0.25) is 0 Å². The maximum absolute atomic E-state index is 3.67. The van der Waals surface area contributed by atoms with Crippen molar-refractivity contribution in [2.75, 3.05) is 19.6 Å². The van der Waals surface area contributed by atoms with Gasteiger partial charge in [0.1, 0.15) is 0 Å². The van der Waals surface area contributed by atoms with E-state index >= 15 is 0 Å². The molecule has 2 nitrogen and oxygen atoms in total. The molecule has 118 valence electrons. The first kappa shape index (κ1) is 16.3. The van der Waals surface area contributed by atoms with E-state index in [0.717, 1.165) is 18.5 Å². The van der Waals surface area contributed by atoms with Gasteiger partial charge < -0.3 is 5.32 Å². The zero-order valence-electron chi connectivity index (χ0n) is 14.3. The molecule has 0 amide bonds. The predicted molar refractivity (Wildman–Crippen MR) is 88.1 cm³/mol. The second-order valence-electron chi connectivity index (χ2n) is 7.92. The van der Waals surface area contributed by atoms with E-state index in [-0.39, 0.29) is 0 Å². The minimum atomic E-state index is 0.436. The maximum atomic E-state index is 3.67. The van der Waals surface area contributed by atoms with Gasteiger partial charge >= 0.3 is 0 Å². The highest BCUT2D eigenvalue weighted by Gasteiger charge is 2.36. The molecule has 2 unspecified atom stereocenters. The van der Waals surface area contributed by atoms with Crippen molar-refractivity contribution in [1.29, 1.82) is 0 Å². The lowest BCUT2D eigenvalue weighted by Gasteiger charge is -2.38. The monoisotopic (exact) mass is 280 g/mol. The van der Waals surface area contributed by atoms with Gasteiger partial charge in [0.25, 0.3) is 0 Å². The molecule has 1 N–H and O–H groups in total. The SMILES string of the molecule is CCC(C)(CNC(C)C)CN1CCCC1C1CCCC1. The minimum absolute atomic E-state index is 0.436. The Balaban J connectivity index is 1.91. The molecule has 1 saturated heterocycles. The van der Waals surface area contributed by atoms with Crippen molar-refractivity contribution in [2.24, 2.45) is 11.3 Å². The summed E-state index contributed by atoms with van der Waals surface area (Å²) in [5, 5.41) is 3.67. The zero-order valence-corrected chi connectivity index (χ0v) is 14.3. The van der Waals surface area contributed by atoms with Gasteiger partial charge in [-0.2, -0.15) is 0 Å². The van der Waals surface area contributed by atoms with Crippen LogP contribution in [-0.4, -0.2) is 36.6 Å². The minimum Gasteiger partial charge on any atom is -0.314 e. The maximum Gasteiger partial charge on any atom is 0.0124 e. The van der Waals surface area contributed by atoms with Crippen molar-refractivity contribution < 1.29 is 0 Å². The number of nitrogens with zero attached hydrogens (tertiary/aromatic N) is 1. The van der Waals surface area contributed by atoms with Crippen LogP contribution in [-0.2, 0) is 0 Å². The fraction of sp³-hybridized carbons (Fsp3) is 1.00. The van der Waals surface area contributed by atoms with Crippen LogP contribution in [0.2, 0.25) is 0 Å². The lowest BCUT2D eigenvalue weighted by molar-refractivity contribution is 0.114. The summed E-state index contributed by atoms with van der Waals surface area (Å²) in [6, 6.07) is 1.51. The summed E-state index contributed by atoms with van der Waals surface area (Å²) in [5.41, 5.74) is 0.436. The second-order valence-corrected chi connectivity index (χ2v) is 7.92. The number of hydrogen-bond acceptors (Lipinski definition) is 2. The molecule has 0 aromatic carbocycles. The molecule has 1 aliphatic carbocycles. The van der Waals surface area contributed by atoms with Crippen LogP contribution in [0.4, 0.5) is 0 Å². The second kappa shape index (κ2) is 7.26. The van der Waals surface area contributed by atoms with Gasteiger partial charge in [-0.05, 0) is 50.0 Å². The van der Waals surface area contributed by atoms with Crippen LogP contribution < -0.4 is 5.32 Å². The van der Waals surface area contributed by atoms with Crippen LogP contribution in [0, 0.1) is 11.3 Å². The third kappa shape index (κ3) is 4.21. The smallest absolute Gasteiger partial charge is 0.0124 e. The quantitative estimate of drug-likeness (QED) is 0.756. The molecule has 0 radical (unpaired) electrons. The number of rotatable bonds is 7. The number of likely N-dealkylation sites (tertiary alicyclic amines) is 1. The Hall–Kier alpha value is -0.0800. The Morgan fingerprint density at radius 2 is 1.85 bits per heavy atom. The van der Waals surface area contributed by atoms with Crippen molar-refractivity contribution in [3.63, 3.8) is 0 Å². The van der Waals surface area contributed by atoms with Gasteiger partial charge in [-0.3, -0.25) is 4.90 Å². The molecular weight excluding hydrogens is 244 g/mol. The third-order valence-electron chi connectivity index (χ3n) is 5.73. The highest BCUT2D eigenvalue weighted by molar-refractivity contribution is 4.91. The van der Waals surface area contributed by atoms with Crippen molar-refractivity contribution in [1.82, 2.24) is 10.2 Å². The van der Waals surface area contributed by atoms with E-state index in [0.29, 0.717) is 11.5 Å². The third-order valence-corrected chi connectivity index (χ3v) is 5.73. The molecule has 20 heavy (non-hydrogen) atoms. The first-order valence-corrected chi connectivity index (χ1v) is 9.01. The van der Waals surface area contributed by atoms with Crippen LogP contribution >= 0.6 is 0 Å². The number of nitrogens with one attached hydrogen (secondary N) is 1. The van der Waals surface area contributed by atoms with E-state index in [9.17, 15) is 0 Å². The van der Waals surface area contributed by atoms with Gasteiger partial charge in [0.15, 0.2) is 0 Å². The average molecular weight is 280 g/mol. The summed E-state index contributed by atoms with van der Waals surface area (Å²) >= 11 is 0. The lowest BCUT2D eigenvalue weighted by atomic mass is 9.85. The summed E-state index contributed by atoms with van der Waals surface area (Å²) in [6.07, 6.45) is 10.1. The van der Waals surface area contributed by atoms with E-state index in [1.807, 2.05) is 0 Å². The molecule has 0 aromatic rings.